The summed E-state index contributed by atoms with van der Waals surface area (Å²) in [5, 5.41) is 10.0. The van der Waals surface area contributed by atoms with Crippen molar-refractivity contribution in [2.45, 2.75) is 37.3 Å². The quantitative estimate of drug-likeness (QED) is 0.946. The van der Waals surface area contributed by atoms with Gasteiger partial charge in [0.25, 0.3) is 5.91 Å². The van der Waals surface area contributed by atoms with Crippen LogP contribution < -0.4 is 0 Å². The van der Waals surface area contributed by atoms with Gasteiger partial charge in [-0.25, -0.2) is 4.39 Å². The molecule has 1 N–H and O–H groups in total. The maximum absolute atomic E-state index is 13.1. The first kappa shape index (κ1) is 14.5. The maximum Gasteiger partial charge on any atom is 0.258 e. The molecule has 0 bridgehead atoms. The highest BCUT2D eigenvalue weighted by Crippen LogP contribution is 2.43. The first-order valence-electron chi connectivity index (χ1n) is 7.95. The number of aliphatic hydroxyl groups excluding tert-OH is 1. The fourth-order valence-corrected chi connectivity index (χ4v) is 3.35. The van der Waals surface area contributed by atoms with Crippen LogP contribution in [-0.2, 0) is 0 Å². The summed E-state index contributed by atoms with van der Waals surface area (Å²) in [6.07, 6.45) is 3.56. The molecule has 1 aromatic carbocycles. The molecule has 1 aromatic heterocycles. The number of β-amino-alcohol motifs (C(OH)–C–C–N with tert-alkyl or cyclic N) is 1. The summed E-state index contributed by atoms with van der Waals surface area (Å²) in [7, 11) is 0. The topological polar surface area (TPSA) is 53.7 Å². The number of rotatable bonds is 3. The highest BCUT2D eigenvalue weighted by atomic mass is 19.1. The zero-order chi connectivity index (χ0) is 16.0. The zero-order valence-electron chi connectivity index (χ0n) is 12.6. The van der Waals surface area contributed by atoms with Crippen molar-refractivity contribution in [2.24, 2.45) is 0 Å². The van der Waals surface area contributed by atoms with Crippen LogP contribution in [0.5, 0.6) is 0 Å². The normalized spacial score (nSPS) is 24.2. The number of carbonyl (C=O) groups is 1. The summed E-state index contributed by atoms with van der Waals surface area (Å²) in [4.78, 5) is 14.6. The van der Waals surface area contributed by atoms with E-state index in [9.17, 15) is 14.3 Å². The molecular formula is C18H18FNO3. The fraction of sp³-hybridized carbons (Fsp3) is 0.389. The lowest BCUT2D eigenvalue weighted by atomic mass is 10.0. The van der Waals surface area contributed by atoms with Gasteiger partial charge in [-0.3, -0.25) is 4.79 Å². The van der Waals surface area contributed by atoms with Crippen LogP contribution in [0.3, 0.4) is 0 Å². The second-order valence-electron chi connectivity index (χ2n) is 6.39. The van der Waals surface area contributed by atoms with Crippen LogP contribution in [0, 0.1) is 5.82 Å². The van der Waals surface area contributed by atoms with Crippen LogP contribution in [0.1, 0.15) is 52.9 Å². The summed E-state index contributed by atoms with van der Waals surface area (Å²) in [6, 6.07) is 7.60. The van der Waals surface area contributed by atoms with E-state index in [4.69, 9.17) is 4.42 Å². The second-order valence-corrected chi connectivity index (χ2v) is 6.39. The Hall–Kier alpha value is -2.14. The van der Waals surface area contributed by atoms with E-state index in [0.717, 1.165) is 24.2 Å². The molecule has 2 aliphatic rings. The van der Waals surface area contributed by atoms with E-state index in [2.05, 4.69) is 0 Å². The van der Waals surface area contributed by atoms with Crippen molar-refractivity contribution in [1.29, 1.82) is 0 Å². The van der Waals surface area contributed by atoms with Crippen LogP contribution in [0.25, 0.3) is 0 Å². The number of likely N-dealkylation sites (tertiary alicyclic amines) is 1. The summed E-state index contributed by atoms with van der Waals surface area (Å²) in [5.74, 6) is 0.678. The number of hydrogen-bond donors (Lipinski definition) is 1. The number of carbonyl (C=O) groups excluding carboxylic acids is 1. The van der Waals surface area contributed by atoms with Gasteiger partial charge in [-0.05, 0) is 43.0 Å². The van der Waals surface area contributed by atoms with E-state index in [1.54, 1.807) is 29.4 Å². The molecule has 2 heterocycles. The van der Waals surface area contributed by atoms with Gasteiger partial charge < -0.3 is 14.4 Å². The van der Waals surface area contributed by atoms with Crippen molar-refractivity contribution in [3.8, 4) is 0 Å². The molecule has 1 aliphatic heterocycles. The third-order valence-corrected chi connectivity index (χ3v) is 4.67. The number of furan rings is 1. The molecule has 0 radical (unpaired) electrons. The number of halogens is 1. The standard InChI is InChI=1S/C18H18FNO3/c19-13-5-3-11(4-6-13)16-9-14(21)10-20(16)18(22)15-7-8-23-17(15)12-1-2-12/h3-8,12,14,16,21H,1-2,9-10H2/t14-,16+/m1/s1. The zero-order valence-corrected chi connectivity index (χ0v) is 12.6. The predicted molar refractivity (Wildman–Crippen MR) is 81.5 cm³/mol. The molecule has 23 heavy (non-hydrogen) atoms. The van der Waals surface area contributed by atoms with Crippen molar-refractivity contribution in [2.75, 3.05) is 6.54 Å². The molecule has 4 nitrogen and oxygen atoms in total. The van der Waals surface area contributed by atoms with Crippen molar-refractivity contribution in [3.63, 3.8) is 0 Å². The van der Waals surface area contributed by atoms with Crippen molar-refractivity contribution in [3.05, 3.63) is 59.3 Å². The first-order chi connectivity index (χ1) is 11.1. The molecule has 1 amide bonds. The van der Waals surface area contributed by atoms with Gasteiger partial charge in [0.2, 0.25) is 0 Å². The Kier molecular flexibility index (Phi) is 3.45. The molecule has 1 saturated carbocycles. The molecule has 0 spiro atoms. The monoisotopic (exact) mass is 315 g/mol. The average molecular weight is 315 g/mol. The van der Waals surface area contributed by atoms with Crippen LogP contribution >= 0.6 is 0 Å². The predicted octanol–water partition coefficient (Wildman–Crippen LogP) is 3.24. The Balaban J connectivity index is 1.64. The van der Waals surface area contributed by atoms with Crippen LogP contribution in [0.4, 0.5) is 4.39 Å². The molecule has 2 aromatic rings. The average Bonchev–Trinajstić information content (AvgIpc) is 3.14. The fourth-order valence-electron chi connectivity index (χ4n) is 3.35. The van der Waals surface area contributed by atoms with E-state index in [0.29, 0.717) is 17.9 Å². The highest BCUT2D eigenvalue weighted by molar-refractivity contribution is 5.96. The Bertz CT molecular complexity index is 720. The van der Waals surface area contributed by atoms with Gasteiger partial charge >= 0.3 is 0 Å². The number of amides is 1. The van der Waals surface area contributed by atoms with Gasteiger partial charge in [0, 0.05) is 12.5 Å². The minimum absolute atomic E-state index is 0.119. The molecular weight excluding hydrogens is 297 g/mol. The first-order valence-corrected chi connectivity index (χ1v) is 7.95. The SMILES string of the molecule is O=C(c1ccoc1C1CC1)N1C[C@H](O)C[C@H]1c1ccc(F)cc1. The lowest BCUT2D eigenvalue weighted by molar-refractivity contribution is 0.0713. The number of benzene rings is 1. The Morgan fingerprint density at radius 1 is 1.22 bits per heavy atom. The van der Waals surface area contributed by atoms with Gasteiger partial charge in [0.05, 0.1) is 24.0 Å². The Morgan fingerprint density at radius 3 is 2.65 bits per heavy atom. The molecule has 4 rings (SSSR count). The molecule has 0 unspecified atom stereocenters. The van der Waals surface area contributed by atoms with Crippen LogP contribution in [0.2, 0.25) is 0 Å². The molecule has 120 valence electrons. The minimum atomic E-state index is -0.565. The highest BCUT2D eigenvalue weighted by Gasteiger charge is 2.39. The number of nitrogens with zero attached hydrogens (tertiary/aromatic N) is 1. The molecule has 5 heteroatoms. The third-order valence-electron chi connectivity index (χ3n) is 4.67. The van der Waals surface area contributed by atoms with Gasteiger partial charge in [0.1, 0.15) is 11.6 Å². The summed E-state index contributed by atoms with van der Waals surface area (Å²) in [6.45, 7) is 0.288. The molecule has 1 saturated heterocycles. The third kappa shape index (κ3) is 2.65. The maximum atomic E-state index is 13.1. The van der Waals surface area contributed by atoms with E-state index in [1.807, 2.05) is 0 Å². The van der Waals surface area contributed by atoms with Crippen molar-refractivity contribution in [1.82, 2.24) is 4.90 Å². The van der Waals surface area contributed by atoms with Crippen LogP contribution in [0.15, 0.2) is 41.0 Å². The van der Waals surface area contributed by atoms with E-state index in [-0.39, 0.29) is 24.3 Å². The number of aliphatic hydroxyl groups is 1. The molecule has 2 fully saturated rings. The Morgan fingerprint density at radius 2 is 1.96 bits per heavy atom. The largest absolute Gasteiger partial charge is 0.468 e. The van der Waals surface area contributed by atoms with E-state index in [1.165, 1.54) is 12.1 Å². The van der Waals surface area contributed by atoms with Crippen molar-refractivity contribution < 1.29 is 18.7 Å². The summed E-state index contributed by atoms with van der Waals surface area (Å²) in [5.41, 5.74) is 1.43. The minimum Gasteiger partial charge on any atom is -0.468 e. The molecule has 2 atom stereocenters. The summed E-state index contributed by atoms with van der Waals surface area (Å²) < 4.78 is 18.6. The van der Waals surface area contributed by atoms with Gasteiger partial charge in [0.15, 0.2) is 0 Å². The summed E-state index contributed by atoms with van der Waals surface area (Å²) >= 11 is 0. The lowest BCUT2D eigenvalue weighted by Gasteiger charge is -2.24. The van der Waals surface area contributed by atoms with E-state index >= 15 is 0 Å². The molecule has 1 aliphatic carbocycles. The number of hydrogen-bond acceptors (Lipinski definition) is 3. The van der Waals surface area contributed by atoms with Gasteiger partial charge in [-0.1, -0.05) is 12.1 Å². The smallest absolute Gasteiger partial charge is 0.258 e. The Labute approximate surface area is 133 Å². The van der Waals surface area contributed by atoms with Gasteiger partial charge in [-0.15, -0.1) is 0 Å². The van der Waals surface area contributed by atoms with Gasteiger partial charge in [-0.2, -0.15) is 0 Å². The van der Waals surface area contributed by atoms with Crippen molar-refractivity contribution >= 4 is 5.91 Å². The second kappa shape index (κ2) is 5.49. The van der Waals surface area contributed by atoms with E-state index < -0.39 is 6.10 Å². The lowest BCUT2D eigenvalue weighted by Crippen LogP contribution is -2.32. The van der Waals surface area contributed by atoms with Crippen LogP contribution in [-0.4, -0.2) is 28.6 Å².